The monoisotopic (exact) mass is 242 g/mol. The smallest absolute Gasteiger partial charge is 0.245 e. The van der Waals surface area contributed by atoms with Crippen LogP contribution in [0, 0.1) is 0 Å². The Labute approximate surface area is 102 Å². The van der Waals surface area contributed by atoms with E-state index >= 15 is 0 Å². The van der Waals surface area contributed by atoms with Crippen molar-refractivity contribution in [3.05, 3.63) is 0 Å². The number of rotatable bonds is 4. The van der Waals surface area contributed by atoms with Crippen LogP contribution < -0.4 is 0 Å². The van der Waals surface area contributed by atoms with Crippen molar-refractivity contribution >= 4 is 11.8 Å². The highest BCUT2D eigenvalue weighted by Crippen LogP contribution is 2.19. The zero-order valence-electron chi connectivity index (χ0n) is 10.7. The number of aliphatic hydroxyl groups excluding tert-OH is 1. The van der Waals surface area contributed by atoms with Gasteiger partial charge in [-0.3, -0.25) is 9.59 Å². The summed E-state index contributed by atoms with van der Waals surface area (Å²) in [6.45, 7) is 2.77. The maximum Gasteiger partial charge on any atom is 0.245 e. The lowest BCUT2D eigenvalue weighted by molar-refractivity contribution is -0.147. The Morgan fingerprint density at radius 1 is 1.41 bits per heavy atom. The Morgan fingerprint density at radius 2 is 2.12 bits per heavy atom. The minimum atomic E-state index is -0.326. The molecule has 0 spiro atoms. The number of piperidine rings is 1. The van der Waals surface area contributed by atoms with E-state index < -0.39 is 0 Å². The second-order valence-electron chi connectivity index (χ2n) is 4.44. The summed E-state index contributed by atoms with van der Waals surface area (Å²) < 4.78 is 0. The maximum atomic E-state index is 12.1. The van der Waals surface area contributed by atoms with Gasteiger partial charge in [-0.15, -0.1) is 0 Å². The van der Waals surface area contributed by atoms with Gasteiger partial charge in [0.15, 0.2) is 0 Å². The number of likely N-dealkylation sites (N-methyl/N-ethyl adjacent to an activating group) is 1. The normalized spacial score (nSPS) is 20.2. The van der Waals surface area contributed by atoms with E-state index in [9.17, 15) is 9.59 Å². The van der Waals surface area contributed by atoms with Gasteiger partial charge in [-0.25, -0.2) is 0 Å². The third-order valence-electron chi connectivity index (χ3n) is 3.22. The number of carbonyl (C=O) groups is 2. The predicted octanol–water partition coefficient (Wildman–Crippen LogP) is 0.228. The van der Waals surface area contributed by atoms with Crippen LogP contribution in [0.1, 0.15) is 32.6 Å². The molecule has 0 aliphatic carbocycles. The topological polar surface area (TPSA) is 60.9 Å². The first-order valence-corrected chi connectivity index (χ1v) is 6.27. The van der Waals surface area contributed by atoms with Crippen molar-refractivity contribution in [2.45, 2.75) is 38.6 Å². The van der Waals surface area contributed by atoms with Gasteiger partial charge in [-0.05, 0) is 19.3 Å². The third kappa shape index (κ3) is 3.43. The minimum Gasteiger partial charge on any atom is -0.395 e. The fourth-order valence-corrected chi connectivity index (χ4v) is 2.20. The van der Waals surface area contributed by atoms with Gasteiger partial charge in [0.2, 0.25) is 11.8 Å². The van der Waals surface area contributed by atoms with E-state index in [-0.39, 0.29) is 24.5 Å². The highest BCUT2D eigenvalue weighted by molar-refractivity contribution is 5.87. The first-order chi connectivity index (χ1) is 8.11. The third-order valence-corrected chi connectivity index (χ3v) is 3.22. The van der Waals surface area contributed by atoms with E-state index in [1.807, 2.05) is 6.92 Å². The van der Waals surface area contributed by atoms with Gasteiger partial charge in [0.25, 0.3) is 0 Å². The van der Waals surface area contributed by atoms with E-state index in [0.29, 0.717) is 19.5 Å². The van der Waals surface area contributed by atoms with Crippen molar-refractivity contribution < 1.29 is 14.7 Å². The molecule has 0 aromatic rings. The summed E-state index contributed by atoms with van der Waals surface area (Å²) in [5, 5.41) is 8.83. The van der Waals surface area contributed by atoms with E-state index in [1.54, 1.807) is 11.9 Å². The molecule has 1 fully saturated rings. The van der Waals surface area contributed by atoms with Crippen LogP contribution in [-0.4, -0.2) is 59.5 Å². The van der Waals surface area contributed by atoms with E-state index in [2.05, 4.69) is 0 Å². The molecule has 0 aromatic carbocycles. The lowest BCUT2D eigenvalue weighted by atomic mass is 10.0. The number of carbonyl (C=O) groups excluding carboxylic acids is 2. The fourth-order valence-electron chi connectivity index (χ4n) is 2.20. The van der Waals surface area contributed by atoms with Crippen molar-refractivity contribution in [2.24, 2.45) is 0 Å². The summed E-state index contributed by atoms with van der Waals surface area (Å²) in [7, 11) is 1.67. The molecule has 1 saturated heterocycles. The summed E-state index contributed by atoms with van der Waals surface area (Å²) in [4.78, 5) is 27.1. The lowest BCUT2D eigenvalue weighted by Crippen LogP contribution is -2.52. The molecule has 1 atom stereocenters. The lowest BCUT2D eigenvalue weighted by Gasteiger charge is -2.36. The van der Waals surface area contributed by atoms with Gasteiger partial charge in [0.1, 0.15) is 6.04 Å². The van der Waals surface area contributed by atoms with Crippen LogP contribution in [0.15, 0.2) is 0 Å². The summed E-state index contributed by atoms with van der Waals surface area (Å²) in [6.07, 6.45) is 3.13. The van der Waals surface area contributed by atoms with Crippen molar-refractivity contribution in [1.82, 2.24) is 9.80 Å². The van der Waals surface area contributed by atoms with Gasteiger partial charge in [-0.2, -0.15) is 0 Å². The molecule has 98 valence electrons. The summed E-state index contributed by atoms with van der Waals surface area (Å²) in [5.41, 5.74) is 0. The number of amides is 2. The first-order valence-electron chi connectivity index (χ1n) is 6.27. The molecule has 5 nitrogen and oxygen atoms in total. The van der Waals surface area contributed by atoms with Crippen LogP contribution >= 0.6 is 0 Å². The number of hydrogen-bond acceptors (Lipinski definition) is 3. The first kappa shape index (κ1) is 14.0. The van der Waals surface area contributed by atoms with Crippen LogP contribution in [0.3, 0.4) is 0 Å². The van der Waals surface area contributed by atoms with Gasteiger partial charge in [0, 0.05) is 26.6 Å². The summed E-state index contributed by atoms with van der Waals surface area (Å²) in [5.74, 6) is -0.0130. The molecule has 1 N–H and O–H groups in total. The van der Waals surface area contributed by atoms with Gasteiger partial charge in [0.05, 0.1) is 6.61 Å². The Kier molecular flexibility index (Phi) is 5.41. The molecule has 1 aliphatic rings. The standard InChI is InChI=1S/C12H22N2O3/c1-3-11(16)14-7-5-4-6-10(14)12(17)13(2)8-9-15/h10,15H,3-9H2,1-2H3. The van der Waals surface area contributed by atoms with E-state index in [1.165, 1.54) is 4.90 Å². The van der Waals surface area contributed by atoms with Crippen molar-refractivity contribution in [3.8, 4) is 0 Å². The highest BCUT2D eigenvalue weighted by atomic mass is 16.3. The van der Waals surface area contributed by atoms with Crippen LogP contribution in [0.2, 0.25) is 0 Å². The molecule has 0 bridgehead atoms. The van der Waals surface area contributed by atoms with Gasteiger partial charge >= 0.3 is 0 Å². The minimum absolute atomic E-state index is 0.0421. The number of likely N-dealkylation sites (tertiary alicyclic amines) is 1. The molecule has 1 unspecified atom stereocenters. The number of hydrogen-bond donors (Lipinski definition) is 1. The van der Waals surface area contributed by atoms with Gasteiger partial charge in [-0.1, -0.05) is 6.92 Å². The Balaban J connectivity index is 2.70. The van der Waals surface area contributed by atoms with Crippen molar-refractivity contribution in [2.75, 3.05) is 26.7 Å². The van der Waals surface area contributed by atoms with Gasteiger partial charge < -0.3 is 14.9 Å². The number of nitrogens with zero attached hydrogens (tertiary/aromatic N) is 2. The molecular formula is C12H22N2O3. The second kappa shape index (κ2) is 6.59. The Bertz CT molecular complexity index is 281. The van der Waals surface area contributed by atoms with E-state index in [4.69, 9.17) is 5.11 Å². The average Bonchev–Trinajstić information content (AvgIpc) is 2.37. The van der Waals surface area contributed by atoms with Crippen molar-refractivity contribution in [3.63, 3.8) is 0 Å². The van der Waals surface area contributed by atoms with Crippen LogP contribution in [0.5, 0.6) is 0 Å². The van der Waals surface area contributed by atoms with Crippen LogP contribution in [0.25, 0.3) is 0 Å². The second-order valence-corrected chi connectivity index (χ2v) is 4.44. The molecule has 17 heavy (non-hydrogen) atoms. The van der Waals surface area contributed by atoms with E-state index in [0.717, 1.165) is 19.3 Å². The number of aliphatic hydroxyl groups is 1. The average molecular weight is 242 g/mol. The predicted molar refractivity (Wildman–Crippen MR) is 64.4 cm³/mol. The molecule has 2 amide bonds. The maximum absolute atomic E-state index is 12.1. The van der Waals surface area contributed by atoms with Crippen LogP contribution in [0.4, 0.5) is 0 Å². The molecule has 1 rings (SSSR count). The Morgan fingerprint density at radius 3 is 2.71 bits per heavy atom. The zero-order valence-corrected chi connectivity index (χ0v) is 10.7. The molecule has 1 heterocycles. The zero-order chi connectivity index (χ0) is 12.8. The largest absolute Gasteiger partial charge is 0.395 e. The highest BCUT2D eigenvalue weighted by Gasteiger charge is 2.32. The van der Waals surface area contributed by atoms with Crippen LogP contribution in [-0.2, 0) is 9.59 Å². The molecular weight excluding hydrogens is 220 g/mol. The molecule has 1 aliphatic heterocycles. The molecule has 0 radical (unpaired) electrons. The fraction of sp³-hybridized carbons (Fsp3) is 0.833. The summed E-state index contributed by atoms with van der Waals surface area (Å²) >= 11 is 0. The Hall–Kier alpha value is -1.10. The molecule has 5 heteroatoms. The van der Waals surface area contributed by atoms with Crippen molar-refractivity contribution in [1.29, 1.82) is 0 Å². The quantitative estimate of drug-likeness (QED) is 0.767. The summed E-state index contributed by atoms with van der Waals surface area (Å²) in [6, 6.07) is -0.326. The SMILES string of the molecule is CCC(=O)N1CCCCC1C(=O)N(C)CCO. The molecule has 0 saturated carbocycles. The molecule has 0 aromatic heterocycles.